The van der Waals surface area contributed by atoms with Crippen molar-refractivity contribution in [2.45, 2.75) is 232 Å². The van der Waals surface area contributed by atoms with Gasteiger partial charge in [-0.2, -0.15) is 0 Å². The summed E-state index contributed by atoms with van der Waals surface area (Å²) in [5.41, 5.74) is 0. The minimum atomic E-state index is -0.779. The molecule has 0 rings (SSSR count). The lowest BCUT2D eigenvalue weighted by molar-refractivity contribution is -0.167. The van der Waals surface area contributed by atoms with E-state index in [4.69, 9.17) is 14.2 Å². The maximum Gasteiger partial charge on any atom is 0.306 e. The number of esters is 3. The number of rotatable bonds is 41. The zero-order chi connectivity index (χ0) is 40.1. The third kappa shape index (κ3) is 42.4. The van der Waals surface area contributed by atoms with Crippen LogP contribution in [0.2, 0.25) is 0 Å². The zero-order valence-electron chi connectivity index (χ0n) is 36.2. The summed E-state index contributed by atoms with van der Waals surface area (Å²) in [7, 11) is 0. The molecule has 0 spiro atoms. The molecule has 0 saturated heterocycles. The SMILES string of the molecule is CC/C=C\C/C=C\C/C=C\CCCCCCCC(=O)OC(COC(=O)CCCCCCCC)COC(=O)CCCCCCC/C=C\CCCCCCCCC. The van der Waals surface area contributed by atoms with Crippen molar-refractivity contribution in [1.29, 1.82) is 0 Å². The molecule has 318 valence electrons. The number of unbranched alkanes of at least 4 members (excludes halogenated alkanes) is 22. The van der Waals surface area contributed by atoms with Gasteiger partial charge in [0.1, 0.15) is 13.2 Å². The summed E-state index contributed by atoms with van der Waals surface area (Å²) in [4.78, 5) is 37.6. The first kappa shape index (κ1) is 52.4. The summed E-state index contributed by atoms with van der Waals surface area (Å²) >= 11 is 0. The number of carbonyl (C=O) groups is 3. The minimum Gasteiger partial charge on any atom is -0.462 e. The third-order valence-electron chi connectivity index (χ3n) is 9.82. The van der Waals surface area contributed by atoms with Crippen molar-refractivity contribution in [2.75, 3.05) is 13.2 Å². The second-order valence-corrected chi connectivity index (χ2v) is 15.3. The van der Waals surface area contributed by atoms with Crippen LogP contribution >= 0.6 is 0 Å². The lowest BCUT2D eigenvalue weighted by Crippen LogP contribution is -2.30. The van der Waals surface area contributed by atoms with Gasteiger partial charge in [-0.1, -0.05) is 179 Å². The van der Waals surface area contributed by atoms with Crippen LogP contribution in [-0.2, 0) is 28.6 Å². The standard InChI is InChI=1S/C49H86O6/c1-4-7-10-13-16-18-20-22-24-26-27-29-31-33-36-39-42-48(51)54-45-46(44-53-47(50)41-38-35-15-12-9-6-3)55-49(52)43-40-37-34-32-30-28-25-23-21-19-17-14-11-8-5-2/h8,11,17,19,23-26,46H,4-7,9-10,12-16,18,20-22,27-45H2,1-3H3/b11-8-,19-17-,25-23-,26-24-. The summed E-state index contributed by atoms with van der Waals surface area (Å²) in [5, 5.41) is 0. The first-order chi connectivity index (χ1) is 27.0. The normalized spacial score (nSPS) is 12.4. The van der Waals surface area contributed by atoms with Gasteiger partial charge >= 0.3 is 17.9 Å². The van der Waals surface area contributed by atoms with E-state index in [0.717, 1.165) is 103 Å². The van der Waals surface area contributed by atoms with E-state index in [9.17, 15) is 14.4 Å². The van der Waals surface area contributed by atoms with Crippen molar-refractivity contribution in [1.82, 2.24) is 0 Å². The highest BCUT2D eigenvalue weighted by Crippen LogP contribution is 2.13. The van der Waals surface area contributed by atoms with E-state index in [1.807, 2.05) is 0 Å². The van der Waals surface area contributed by atoms with Gasteiger partial charge in [-0.25, -0.2) is 0 Å². The summed E-state index contributed by atoms with van der Waals surface area (Å²) < 4.78 is 16.6. The average molecular weight is 771 g/mol. The van der Waals surface area contributed by atoms with E-state index in [-0.39, 0.29) is 31.1 Å². The Morgan fingerprint density at radius 1 is 0.382 bits per heavy atom. The largest absolute Gasteiger partial charge is 0.462 e. The van der Waals surface area contributed by atoms with E-state index in [1.165, 1.54) is 83.5 Å². The van der Waals surface area contributed by atoms with Crippen LogP contribution in [0.5, 0.6) is 0 Å². The van der Waals surface area contributed by atoms with Crippen molar-refractivity contribution in [2.24, 2.45) is 0 Å². The van der Waals surface area contributed by atoms with Gasteiger partial charge in [0.2, 0.25) is 0 Å². The molecule has 0 aliphatic heterocycles. The van der Waals surface area contributed by atoms with Gasteiger partial charge in [0.15, 0.2) is 6.10 Å². The second kappa shape index (κ2) is 44.1. The van der Waals surface area contributed by atoms with Crippen LogP contribution in [0, 0.1) is 0 Å². The number of allylic oxidation sites excluding steroid dienone is 8. The fraction of sp³-hybridized carbons (Fsp3) is 0.776. The Morgan fingerprint density at radius 2 is 0.709 bits per heavy atom. The molecule has 0 aromatic rings. The van der Waals surface area contributed by atoms with Crippen LogP contribution in [0.4, 0.5) is 0 Å². The van der Waals surface area contributed by atoms with Crippen LogP contribution in [0.1, 0.15) is 226 Å². The van der Waals surface area contributed by atoms with Crippen molar-refractivity contribution in [3.05, 3.63) is 48.6 Å². The van der Waals surface area contributed by atoms with E-state index >= 15 is 0 Å². The summed E-state index contributed by atoms with van der Waals surface area (Å²) in [6.45, 7) is 6.43. The molecule has 0 aromatic heterocycles. The van der Waals surface area contributed by atoms with Gasteiger partial charge in [-0.3, -0.25) is 14.4 Å². The van der Waals surface area contributed by atoms with Gasteiger partial charge in [0.25, 0.3) is 0 Å². The molecule has 1 atom stereocenters. The molecule has 0 aliphatic carbocycles. The highest BCUT2D eigenvalue weighted by Gasteiger charge is 2.19. The zero-order valence-corrected chi connectivity index (χ0v) is 36.2. The van der Waals surface area contributed by atoms with Crippen LogP contribution in [0.15, 0.2) is 48.6 Å². The molecule has 1 unspecified atom stereocenters. The molecule has 0 saturated carbocycles. The number of ether oxygens (including phenoxy) is 3. The van der Waals surface area contributed by atoms with E-state index in [0.29, 0.717) is 19.3 Å². The Kier molecular flexibility index (Phi) is 42.0. The Morgan fingerprint density at radius 3 is 1.13 bits per heavy atom. The molecule has 0 N–H and O–H groups in total. The lowest BCUT2D eigenvalue weighted by Gasteiger charge is -2.18. The van der Waals surface area contributed by atoms with Gasteiger partial charge in [-0.05, 0) is 77.0 Å². The smallest absolute Gasteiger partial charge is 0.306 e. The molecule has 0 fully saturated rings. The van der Waals surface area contributed by atoms with Crippen LogP contribution in [-0.4, -0.2) is 37.2 Å². The average Bonchev–Trinajstić information content (AvgIpc) is 3.18. The molecule has 0 aliphatic rings. The number of hydrogen-bond acceptors (Lipinski definition) is 6. The molecule has 6 nitrogen and oxygen atoms in total. The number of carbonyl (C=O) groups excluding carboxylic acids is 3. The first-order valence-corrected chi connectivity index (χ1v) is 23.1. The molecular formula is C49H86O6. The van der Waals surface area contributed by atoms with Gasteiger partial charge in [0, 0.05) is 19.3 Å². The third-order valence-corrected chi connectivity index (χ3v) is 9.82. The van der Waals surface area contributed by atoms with Crippen LogP contribution in [0.25, 0.3) is 0 Å². The Bertz CT molecular complexity index is 980. The monoisotopic (exact) mass is 771 g/mol. The highest BCUT2D eigenvalue weighted by atomic mass is 16.6. The van der Waals surface area contributed by atoms with Gasteiger partial charge in [0.05, 0.1) is 0 Å². The quantitative estimate of drug-likeness (QED) is 0.0267. The predicted molar refractivity (Wildman–Crippen MR) is 233 cm³/mol. The lowest BCUT2D eigenvalue weighted by atomic mass is 10.1. The fourth-order valence-corrected chi connectivity index (χ4v) is 6.33. The Hall–Kier alpha value is -2.63. The molecule has 0 heterocycles. The van der Waals surface area contributed by atoms with Gasteiger partial charge < -0.3 is 14.2 Å². The minimum absolute atomic E-state index is 0.0829. The molecule has 0 aromatic carbocycles. The Labute approximate surface area is 339 Å². The molecular weight excluding hydrogens is 685 g/mol. The maximum absolute atomic E-state index is 12.7. The summed E-state index contributed by atoms with van der Waals surface area (Å²) in [6, 6.07) is 0. The Balaban J connectivity index is 4.30. The molecule has 0 amide bonds. The van der Waals surface area contributed by atoms with Crippen molar-refractivity contribution >= 4 is 17.9 Å². The summed E-state index contributed by atoms with van der Waals surface area (Å²) in [5.74, 6) is -0.918. The highest BCUT2D eigenvalue weighted by molar-refractivity contribution is 5.71. The van der Waals surface area contributed by atoms with Crippen LogP contribution < -0.4 is 0 Å². The second-order valence-electron chi connectivity index (χ2n) is 15.3. The van der Waals surface area contributed by atoms with Crippen LogP contribution in [0.3, 0.4) is 0 Å². The molecule has 0 radical (unpaired) electrons. The molecule has 0 bridgehead atoms. The van der Waals surface area contributed by atoms with E-state index in [2.05, 4.69) is 69.4 Å². The van der Waals surface area contributed by atoms with Crippen molar-refractivity contribution < 1.29 is 28.6 Å². The van der Waals surface area contributed by atoms with Crippen molar-refractivity contribution in [3.8, 4) is 0 Å². The summed E-state index contributed by atoms with van der Waals surface area (Å²) in [6.07, 6.45) is 51.1. The first-order valence-electron chi connectivity index (χ1n) is 23.1. The maximum atomic E-state index is 12.7. The molecule has 6 heteroatoms. The topological polar surface area (TPSA) is 78.9 Å². The van der Waals surface area contributed by atoms with Gasteiger partial charge in [-0.15, -0.1) is 0 Å². The molecule has 55 heavy (non-hydrogen) atoms. The fourth-order valence-electron chi connectivity index (χ4n) is 6.33. The van der Waals surface area contributed by atoms with Crippen molar-refractivity contribution in [3.63, 3.8) is 0 Å². The predicted octanol–water partition coefficient (Wildman–Crippen LogP) is 14.8. The van der Waals surface area contributed by atoms with E-state index in [1.54, 1.807) is 0 Å². The van der Waals surface area contributed by atoms with E-state index < -0.39 is 6.10 Å². The number of hydrogen-bond donors (Lipinski definition) is 0.